The SMILES string of the molecule is Cc1ccc(-c2c(C)sc3ncn(CC(=O)N4CCC(C)CC4)c(=O)c23)cc1. The van der Waals surface area contributed by atoms with Gasteiger partial charge in [0.25, 0.3) is 5.56 Å². The lowest BCUT2D eigenvalue weighted by Crippen LogP contribution is -2.41. The molecule has 0 unspecified atom stereocenters. The summed E-state index contributed by atoms with van der Waals surface area (Å²) in [5, 5.41) is 0.619. The Hall–Kier alpha value is -2.47. The highest BCUT2D eigenvalue weighted by molar-refractivity contribution is 7.19. The summed E-state index contributed by atoms with van der Waals surface area (Å²) < 4.78 is 1.46. The fourth-order valence-electron chi connectivity index (χ4n) is 3.82. The summed E-state index contributed by atoms with van der Waals surface area (Å²) in [6.45, 7) is 7.89. The highest BCUT2D eigenvalue weighted by Gasteiger charge is 2.22. The first-order valence-electron chi connectivity index (χ1n) is 9.77. The van der Waals surface area contributed by atoms with Crippen molar-refractivity contribution in [3.63, 3.8) is 0 Å². The van der Waals surface area contributed by atoms with Crippen LogP contribution in [-0.2, 0) is 11.3 Å². The molecule has 1 amide bonds. The number of piperidine rings is 1. The van der Waals surface area contributed by atoms with E-state index >= 15 is 0 Å². The summed E-state index contributed by atoms with van der Waals surface area (Å²) in [6, 6.07) is 8.18. The Morgan fingerprint density at radius 2 is 1.86 bits per heavy atom. The van der Waals surface area contributed by atoms with Gasteiger partial charge in [-0.2, -0.15) is 0 Å². The van der Waals surface area contributed by atoms with Crippen molar-refractivity contribution in [2.45, 2.75) is 40.2 Å². The van der Waals surface area contributed by atoms with E-state index in [1.165, 1.54) is 27.8 Å². The molecule has 146 valence electrons. The Morgan fingerprint density at radius 3 is 2.54 bits per heavy atom. The van der Waals surface area contributed by atoms with Crippen molar-refractivity contribution in [2.24, 2.45) is 5.92 Å². The van der Waals surface area contributed by atoms with E-state index in [9.17, 15) is 9.59 Å². The third-order valence-electron chi connectivity index (χ3n) is 5.64. The first-order valence-corrected chi connectivity index (χ1v) is 10.6. The number of aryl methyl sites for hydroxylation is 2. The molecule has 28 heavy (non-hydrogen) atoms. The third-order valence-corrected chi connectivity index (χ3v) is 6.65. The molecule has 0 N–H and O–H groups in total. The second-order valence-corrected chi connectivity index (χ2v) is 9.02. The van der Waals surface area contributed by atoms with Crippen LogP contribution in [0.25, 0.3) is 21.3 Å². The van der Waals surface area contributed by atoms with Gasteiger partial charge in [0.15, 0.2) is 0 Å². The van der Waals surface area contributed by atoms with E-state index in [1.54, 1.807) is 0 Å². The molecule has 1 fully saturated rings. The second kappa shape index (κ2) is 7.51. The van der Waals surface area contributed by atoms with Gasteiger partial charge in [0.05, 0.1) is 11.7 Å². The van der Waals surface area contributed by atoms with Crippen LogP contribution >= 0.6 is 11.3 Å². The Labute approximate surface area is 168 Å². The van der Waals surface area contributed by atoms with Crippen LogP contribution in [0.3, 0.4) is 0 Å². The number of carbonyl (C=O) groups excluding carboxylic acids is 1. The number of likely N-dealkylation sites (tertiary alicyclic amines) is 1. The van der Waals surface area contributed by atoms with Gasteiger partial charge in [-0.15, -0.1) is 11.3 Å². The average molecular weight is 396 g/mol. The van der Waals surface area contributed by atoms with Crippen LogP contribution in [0.2, 0.25) is 0 Å². The quantitative estimate of drug-likeness (QED) is 0.674. The maximum Gasteiger partial charge on any atom is 0.263 e. The Morgan fingerprint density at radius 1 is 1.18 bits per heavy atom. The Kier molecular flexibility index (Phi) is 5.06. The van der Waals surface area contributed by atoms with Gasteiger partial charge in [0.1, 0.15) is 11.4 Å². The number of hydrogen-bond donors (Lipinski definition) is 0. The van der Waals surface area contributed by atoms with Crippen molar-refractivity contribution < 1.29 is 4.79 Å². The fourth-order valence-corrected chi connectivity index (χ4v) is 4.82. The Bertz CT molecular complexity index is 1070. The molecule has 5 nitrogen and oxygen atoms in total. The zero-order valence-corrected chi connectivity index (χ0v) is 17.4. The molecule has 3 aromatic rings. The van der Waals surface area contributed by atoms with E-state index < -0.39 is 0 Å². The molecule has 2 aromatic heterocycles. The summed E-state index contributed by atoms with van der Waals surface area (Å²) >= 11 is 1.53. The zero-order valence-electron chi connectivity index (χ0n) is 16.6. The molecule has 4 rings (SSSR count). The number of carbonyl (C=O) groups is 1. The highest BCUT2D eigenvalue weighted by Crippen LogP contribution is 2.35. The minimum absolute atomic E-state index is 0.000938. The van der Waals surface area contributed by atoms with Crippen molar-refractivity contribution in [3.05, 3.63) is 51.4 Å². The van der Waals surface area contributed by atoms with Gasteiger partial charge >= 0.3 is 0 Å². The molecule has 0 radical (unpaired) electrons. The lowest BCUT2D eigenvalue weighted by Gasteiger charge is -2.30. The molecule has 1 aliphatic rings. The number of amides is 1. The van der Waals surface area contributed by atoms with Crippen LogP contribution in [-0.4, -0.2) is 33.4 Å². The van der Waals surface area contributed by atoms with E-state index in [-0.39, 0.29) is 18.0 Å². The number of rotatable bonds is 3. The Balaban J connectivity index is 1.70. The first-order chi connectivity index (χ1) is 13.4. The molecule has 6 heteroatoms. The van der Waals surface area contributed by atoms with Gasteiger partial charge in [-0.3, -0.25) is 14.2 Å². The van der Waals surface area contributed by atoms with Crippen LogP contribution < -0.4 is 5.56 Å². The third kappa shape index (κ3) is 3.49. The van der Waals surface area contributed by atoms with Crippen molar-refractivity contribution in [1.82, 2.24) is 14.5 Å². The zero-order chi connectivity index (χ0) is 19.8. The van der Waals surface area contributed by atoms with Gasteiger partial charge in [0, 0.05) is 23.5 Å². The second-order valence-electron chi connectivity index (χ2n) is 7.82. The van der Waals surface area contributed by atoms with Crippen LogP contribution in [0.4, 0.5) is 0 Å². The standard InChI is InChI=1S/C22H25N3O2S/c1-14-4-6-17(7-5-14)19-16(3)28-21-20(19)22(27)25(13-23-21)12-18(26)24-10-8-15(2)9-11-24/h4-7,13,15H,8-12H2,1-3H3. The predicted octanol–water partition coefficient (Wildman–Crippen LogP) is 4.00. The molecule has 1 aliphatic heterocycles. The number of hydrogen-bond acceptors (Lipinski definition) is 4. The predicted molar refractivity (Wildman–Crippen MR) is 114 cm³/mol. The molecule has 3 heterocycles. The van der Waals surface area contributed by atoms with E-state index in [2.05, 4.69) is 11.9 Å². The normalized spacial score (nSPS) is 15.3. The minimum Gasteiger partial charge on any atom is -0.341 e. The minimum atomic E-state index is -0.136. The summed E-state index contributed by atoms with van der Waals surface area (Å²) in [7, 11) is 0. The molecule has 0 bridgehead atoms. The van der Waals surface area contributed by atoms with Gasteiger partial charge < -0.3 is 4.90 Å². The summed E-state index contributed by atoms with van der Waals surface area (Å²) in [5.74, 6) is 0.662. The molecule has 0 saturated carbocycles. The molecule has 0 aliphatic carbocycles. The fraction of sp³-hybridized carbons (Fsp3) is 0.409. The summed E-state index contributed by atoms with van der Waals surface area (Å²) in [4.78, 5) is 34.1. The van der Waals surface area contributed by atoms with Gasteiger partial charge in [-0.25, -0.2) is 4.98 Å². The molecular formula is C22H25N3O2S. The lowest BCUT2D eigenvalue weighted by molar-refractivity contribution is -0.133. The van der Waals surface area contributed by atoms with E-state index in [1.807, 2.05) is 43.0 Å². The largest absolute Gasteiger partial charge is 0.341 e. The van der Waals surface area contributed by atoms with E-state index in [0.29, 0.717) is 11.3 Å². The van der Waals surface area contributed by atoms with Crippen LogP contribution in [0.1, 0.15) is 30.2 Å². The van der Waals surface area contributed by atoms with Crippen molar-refractivity contribution in [2.75, 3.05) is 13.1 Å². The van der Waals surface area contributed by atoms with Crippen LogP contribution in [0.5, 0.6) is 0 Å². The number of thiophene rings is 1. The van der Waals surface area contributed by atoms with Crippen LogP contribution in [0, 0.1) is 19.8 Å². The molecule has 0 spiro atoms. The topological polar surface area (TPSA) is 55.2 Å². The first kappa shape index (κ1) is 18.9. The number of fused-ring (bicyclic) bond motifs is 1. The molecule has 0 atom stereocenters. The molecular weight excluding hydrogens is 370 g/mol. The van der Waals surface area contributed by atoms with E-state index in [0.717, 1.165) is 46.8 Å². The van der Waals surface area contributed by atoms with Crippen molar-refractivity contribution in [1.29, 1.82) is 0 Å². The maximum absolute atomic E-state index is 13.2. The maximum atomic E-state index is 13.2. The van der Waals surface area contributed by atoms with Crippen molar-refractivity contribution >= 4 is 27.5 Å². The lowest BCUT2D eigenvalue weighted by atomic mass is 9.99. The van der Waals surface area contributed by atoms with Crippen molar-refractivity contribution in [3.8, 4) is 11.1 Å². The number of aromatic nitrogens is 2. The number of nitrogens with zero attached hydrogens (tertiary/aromatic N) is 3. The monoisotopic (exact) mass is 395 g/mol. The highest BCUT2D eigenvalue weighted by atomic mass is 32.1. The summed E-state index contributed by atoms with van der Waals surface area (Å²) in [5.41, 5.74) is 3.00. The van der Waals surface area contributed by atoms with Gasteiger partial charge in [-0.1, -0.05) is 36.8 Å². The molecule has 1 aromatic carbocycles. The molecule has 1 saturated heterocycles. The smallest absolute Gasteiger partial charge is 0.263 e. The van der Waals surface area contributed by atoms with Gasteiger partial charge in [0.2, 0.25) is 5.91 Å². The van der Waals surface area contributed by atoms with Gasteiger partial charge in [-0.05, 0) is 38.2 Å². The van der Waals surface area contributed by atoms with Crippen LogP contribution in [0.15, 0.2) is 35.4 Å². The van der Waals surface area contributed by atoms with E-state index in [4.69, 9.17) is 0 Å². The number of benzene rings is 1. The summed E-state index contributed by atoms with van der Waals surface area (Å²) in [6.07, 6.45) is 3.57. The average Bonchev–Trinajstić information content (AvgIpc) is 3.02.